The van der Waals surface area contributed by atoms with Gasteiger partial charge in [0.2, 0.25) is 0 Å². The van der Waals surface area contributed by atoms with E-state index in [2.05, 4.69) is 13.8 Å². The Labute approximate surface area is 79.7 Å². The zero-order valence-corrected chi connectivity index (χ0v) is 8.90. The predicted molar refractivity (Wildman–Crippen MR) is 54.7 cm³/mol. The topological polar surface area (TPSA) is 29.5 Å². The Morgan fingerprint density at radius 2 is 2.17 bits per heavy atom. The first-order valence-corrected chi connectivity index (χ1v) is 5.73. The van der Waals surface area contributed by atoms with Gasteiger partial charge in [-0.2, -0.15) is 11.8 Å². The fourth-order valence-corrected chi connectivity index (χ4v) is 1.61. The molecule has 0 aromatic carbocycles. The number of thioether (sulfide) groups is 1. The molecule has 0 aromatic rings. The highest BCUT2D eigenvalue weighted by Gasteiger charge is 1.98. The molecule has 0 saturated carbocycles. The molecule has 0 amide bonds. The van der Waals surface area contributed by atoms with Gasteiger partial charge < -0.3 is 9.84 Å². The lowest BCUT2D eigenvalue weighted by Gasteiger charge is -2.06. The average Bonchev–Trinajstić information content (AvgIpc) is 2.10. The highest BCUT2D eigenvalue weighted by Crippen LogP contribution is 2.06. The zero-order chi connectivity index (χ0) is 9.23. The summed E-state index contributed by atoms with van der Waals surface area (Å²) in [6.07, 6.45) is 1.09. The maximum Gasteiger partial charge on any atom is 0.0556 e. The third-order valence-electron chi connectivity index (χ3n) is 1.43. The van der Waals surface area contributed by atoms with Gasteiger partial charge in [0.15, 0.2) is 0 Å². The molecule has 2 nitrogen and oxygen atoms in total. The second-order valence-electron chi connectivity index (χ2n) is 2.98. The van der Waals surface area contributed by atoms with Crippen molar-refractivity contribution in [3.05, 3.63) is 0 Å². The van der Waals surface area contributed by atoms with E-state index in [-0.39, 0.29) is 0 Å². The molecule has 1 unspecified atom stereocenters. The molecule has 0 fully saturated rings. The lowest BCUT2D eigenvalue weighted by atomic mass is 10.2. The minimum Gasteiger partial charge on any atom is -0.396 e. The van der Waals surface area contributed by atoms with Gasteiger partial charge in [-0.05, 0) is 18.1 Å². The molecule has 0 aromatic heterocycles. The van der Waals surface area contributed by atoms with Gasteiger partial charge in [-0.25, -0.2) is 0 Å². The van der Waals surface area contributed by atoms with Gasteiger partial charge in [0, 0.05) is 19.0 Å². The highest BCUT2D eigenvalue weighted by atomic mass is 32.2. The molecule has 0 heterocycles. The summed E-state index contributed by atoms with van der Waals surface area (Å²) in [7, 11) is 0. The van der Waals surface area contributed by atoms with E-state index < -0.39 is 0 Å². The molecule has 0 bridgehead atoms. The van der Waals surface area contributed by atoms with Crippen LogP contribution in [-0.4, -0.2) is 36.4 Å². The summed E-state index contributed by atoms with van der Waals surface area (Å²) in [6.45, 7) is 6.18. The van der Waals surface area contributed by atoms with Crippen LogP contribution in [-0.2, 0) is 4.74 Å². The van der Waals surface area contributed by atoms with E-state index in [9.17, 15) is 0 Å². The Hall–Kier alpha value is 0.270. The van der Waals surface area contributed by atoms with Crippen LogP contribution in [0.25, 0.3) is 0 Å². The lowest BCUT2D eigenvalue weighted by Crippen LogP contribution is -2.06. The Kier molecular flexibility index (Phi) is 9.57. The predicted octanol–water partition coefficient (Wildman–Crippen LogP) is 1.77. The van der Waals surface area contributed by atoms with Gasteiger partial charge in [0.05, 0.1) is 6.61 Å². The number of ether oxygens (including phenoxy) is 1. The number of aliphatic hydroxyl groups is 1. The van der Waals surface area contributed by atoms with E-state index in [0.29, 0.717) is 12.5 Å². The Morgan fingerprint density at radius 3 is 2.75 bits per heavy atom. The molecule has 0 aliphatic rings. The molecule has 0 rings (SSSR count). The minimum absolute atomic E-state index is 0.294. The highest BCUT2D eigenvalue weighted by molar-refractivity contribution is 7.99. The standard InChI is InChI=1S/C9H20O2S/c1-3-4-11-5-6-12-8-9(2)7-10/h9-10H,3-8H2,1-2H3. The number of rotatable bonds is 8. The van der Waals surface area contributed by atoms with Gasteiger partial charge in [-0.1, -0.05) is 13.8 Å². The normalized spacial score (nSPS) is 13.2. The molecule has 12 heavy (non-hydrogen) atoms. The van der Waals surface area contributed by atoms with Crippen molar-refractivity contribution in [1.82, 2.24) is 0 Å². The maximum absolute atomic E-state index is 8.73. The van der Waals surface area contributed by atoms with Crippen molar-refractivity contribution in [2.24, 2.45) is 5.92 Å². The van der Waals surface area contributed by atoms with Gasteiger partial charge >= 0.3 is 0 Å². The molecule has 0 saturated heterocycles. The number of hydrogen-bond acceptors (Lipinski definition) is 3. The Morgan fingerprint density at radius 1 is 1.42 bits per heavy atom. The summed E-state index contributed by atoms with van der Waals surface area (Å²) >= 11 is 1.85. The summed E-state index contributed by atoms with van der Waals surface area (Å²) in [5, 5.41) is 8.73. The van der Waals surface area contributed by atoms with Crippen LogP contribution in [0.15, 0.2) is 0 Å². The average molecular weight is 192 g/mol. The van der Waals surface area contributed by atoms with Crippen LogP contribution < -0.4 is 0 Å². The fraction of sp³-hybridized carbons (Fsp3) is 1.00. The lowest BCUT2D eigenvalue weighted by molar-refractivity contribution is 0.150. The molecule has 0 radical (unpaired) electrons. The summed E-state index contributed by atoms with van der Waals surface area (Å²) in [5.74, 6) is 2.50. The minimum atomic E-state index is 0.294. The van der Waals surface area contributed by atoms with Crippen molar-refractivity contribution in [3.8, 4) is 0 Å². The summed E-state index contributed by atoms with van der Waals surface area (Å²) in [6, 6.07) is 0. The summed E-state index contributed by atoms with van der Waals surface area (Å²) < 4.78 is 5.31. The first-order valence-electron chi connectivity index (χ1n) is 4.57. The zero-order valence-electron chi connectivity index (χ0n) is 8.08. The van der Waals surface area contributed by atoms with E-state index in [4.69, 9.17) is 9.84 Å². The SMILES string of the molecule is CCCOCCSCC(C)CO. The third kappa shape index (κ3) is 8.37. The first-order chi connectivity index (χ1) is 5.81. The van der Waals surface area contributed by atoms with Crippen molar-refractivity contribution in [2.45, 2.75) is 20.3 Å². The molecular weight excluding hydrogens is 172 g/mol. The van der Waals surface area contributed by atoms with Crippen molar-refractivity contribution < 1.29 is 9.84 Å². The smallest absolute Gasteiger partial charge is 0.0556 e. The Bertz CT molecular complexity index is 88.6. The van der Waals surface area contributed by atoms with Crippen LogP contribution >= 0.6 is 11.8 Å². The fourth-order valence-electron chi connectivity index (χ4n) is 0.701. The van der Waals surface area contributed by atoms with Crippen LogP contribution in [0.2, 0.25) is 0 Å². The monoisotopic (exact) mass is 192 g/mol. The molecule has 0 spiro atoms. The molecule has 1 atom stereocenters. The summed E-state index contributed by atoms with van der Waals surface area (Å²) in [4.78, 5) is 0. The van der Waals surface area contributed by atoms with Gasteiger partial charge in [-0.15, -0.1) is 0 Å². The largest absolute Gasteiger partial charge is 0.396 e. The quantitative estimate of drug-likeness (QED) is 0.594. The van der Waals surface area contributed by atoms with Crippen molar-refractivity contribution in [3.63, 3.8) is 0 Å². The van der Waals surface area contributed by atoms with E-state index in [0.717, 1.165) is 31.1 Å². The molecule has 74 valence electrons. The second kappa shape index (κ2) is 9.36. The van der Waals surface area contributed by atoms with Crippen LogP contribution in [0, 0.1) is 5.92 Å². The summed E-state index contributed by atoms with van der Waals surface area (Å²) in [5.41, 5.74) is 0. The van der Waals surface area contributed by atoms with Gasteiger partial charge in [0.25, 0.3) is 0 Å². The Balaban J connectivity index is 2.90. The van der Waals surface area contributed by atoms with E-state index in [1.165, 1.54) is 0 Å². The van der Waals surface area contributed by atoms with Crippen molar-refractivity contribution >= 4 is 11.8 Å². The molecule has 3 heteroatoms. The van der Waals surface area contributed by atoms with Crippen LogP contribution in [0.4, 0.5) is 0 Å². The number of aliphatic hydroxyl groups excluding tert-OH is 1. The van der Waals surface area contributed by atoms with E-state index >= 15 is 0 Å². The van der Waals surface area contributed by atoms with Gasteiger partial charge in [0.1, 0.15) is 0 Å². The molecular formula is C9H20O2S. The van der Waals surface area contributed by atoms with Crippen molar-refractivity contribution in [2.75, 3.05) is 31.3 Å². The molecule has 0 aliphatic heterocycles. The van der Waals surface area contributed by atoms with Crippen LogP contribution in [0.3, 0.4) is 0 Å². The second-order valence-corrected chi connectivity index (χ2v) is 4.12. The first kappa shape index (κ1) is 12.3. The molecule has 0 aliphatic carbocycles. The van der Waals surface area contributed by atoms with E-state index in [1.54, 1.807) is 0 Å². The van der Waals surface area contributed by atoms with Crippen LogP contribution in [0.1, 0.15) is 20.3 Å². The maximum atomic E-state index is 8.73. The number of hydrogen-bond donors (Lipinski definition) is 1. The van der Waals surface area contributed by atoms with Gasteiger partial charge in [-0.3, -0.25) is 0 Å². The van der Waals surface area contributed by atoms with Crippen molar-refractivity contribution in [1.29, 1.82) is 0 Å². The molecule has 1 N–H and O–H groups in total. The van der Waals surface area contributed by atoms with Crippen LogP contribution in [0.5, 0.6) is 0 Å². The third-order valence-corrected chi connectivity index (χ3v) is 2.69. The van der Waals surface area contributed by atoms with E-state index in [1.807, 2.05) is 11.8 Å².